The van der Waals surface area contributed by atoms with E-state index in [1.807, 2.05) is 19.9 Å². The Balaban J connectivity index is 2.31. The predicted octanol–water partition coefficient (Wildman–Crippen LogP) is 3.64. The summed E-state index contributed by atoms with van der Waals surface area (Å²) in [6.07, 6.45) is 5.23. The van der Waals surface area contributed by atoms with Crippen LogP contribution in [0.4, 0.5) is 0 Å². The second-order valence-electron chi connectivity index (χ2n) is 7.70. The molecule has 0 radical (unpaired) electrons. The first-order valence-corrected chi connectivity index (χ1v) is 8.35. The van der Waals surface area contributed by atoms with Crippen LogP contribution in [0.3, 0.4) is 0 Å². The third-order valence-electron chi connectivity index (χ3n) is 5.43. The second kappa shape index (κ2) is 6.21. The van der Waals surface area contributed by atoms with Crippen LogP contribution in [0.2, 0.25) is 0 Å². The maximum Gasteiger partial charge on any atom is 0.179 e. The van der Waals surface area contributed by atoms with Crippen LogP contribution in [0.5, 0.6) is 0 Å². The van der Waals surface area contributed by atoms with Crippen molar-refractivity contribution < 1.29 is 9.53 Å². The molecule has 0 spiro atoms. The smallest absolute Gasteiger partial charge is 0.179 e. The van der Waals surface area contributed by atoms with Crippen molar-refractivity contribution in [3.05, 3.63) is 12.7 Å². The predicted molar refractivity (Wildman–Crippen MR) is 86.0 cm³/mol. The van der Waals surface area contributed by atoms with E-state index in [-0.39, 0.29) is 23.3 Å². The Morgan fingerprint density at radius 1 is 1.43 bits per heavy atom. The molecule has 0 amide bonds. The van der Waals surface area contributed by atoms with Crippen molar-refractivity contribution in [2.75, 3.05) is 6.54 Å². The molecule has 0 bridgehead atoms. The minimum atomic E-state index is -0.412. The summed E-state index contributed by atoms with van der Waals surface area (Å²) in [5.41, 5.74) is -0.0214. The molecule has 21 heavy (non-hydrogen) atoms. The Hall–Kier alpha value is -0.670. The van der Waals surface area contributed by atoms with E-state index in [2.05, 4.69) is 32.3 Å². The topological polar surface area (TPSA) is 29.5 Å². The van der Waals surface area contributed by atoms with Gasteiger partial charge in [-0.15, -0.1) is 6.58 Å². The van der Waals surface area contributed by atoms with Crippen molar-refractivity contribution in [1.29, 1.82) is 0 Å². The SMILES string of the molecule is C=CCN1[C@H](C(=O)C(C)C)O[C@@H]2C[C@H](C)CC[C@H]2C1(C)C. The molecule has 1 aliphatic carbocycles. The zero-order valence-electron chi connectivity index (χ0n) is 14.3. The Kier molecular flexibility index (Phi) is 4.94. The number of fused-ring (bicyclic) bond motifs is 1. The van der Waals surface area contributed by atoms with Crippen molar-refractivity contribution in [2.45, 2.75) is 71.8 Å². The summed E-state index contributed by atoms with van der Waals surface area (Å²) in [6.45, 7) is 15.3. The standard InChI is InChI=1S/C18H31NO2/c1-7-10-19-17(16(20)12(2)3)21-15-11-13(4)8-9-14(15)18(19,5)6/h7,12-15,17H,1,8-11H2,2-6H3/t13-,14-,15-,17+/m1/s1. The highest BCUT2D eigenvalue weighted by Crippen LogP contribution is 2.45. The summed E-state index contributed by atoms with van der Waals surface area (Å²) in [4.78, 5) is 14.8. The van der Waals surface area contributed by atoms with Crippen molar-refractivity contribution in [2.24, 2.45) is 17.8 Å². The average Bonchev–Trinajstić information content (AvgIpc) is 2.40. The lowest BCUT2D eigenvalue weighted by atomic mass is 9.69. The zero-order chi connectivity index (χ0) is 15.8. The van der Waals surface area contributed by atoms with Gasteiger partial charge < -0.3 is 4.74 Å². The normalized spacial score (nSPS) is 36.3. The molecule has 0 aromatic rings. The summed E-state index contributed by atoms with van der Waals surface area (Å²) in [6, 6.07) is 0. The van der Waals surface area contributed by atoms with Gasteiger partial charge in [0.2, 0.25) is 0 Å². The maximum atomic E-state index is 12.6. The molecule has 1 aliphatic heterocycles. The van der Waals surface area contributed by atoms with Crippen molar-refractivity contribution in [3.63, 3.8) is 0 Å². The molecule has 0 unspecified atom stereocenters. The molecule has 2 fully saturated rings. The van der Waals surface area contributed by atoms with Crippen LogP contribution in [-0.4, -0.2) is 35.1 Å². The Bertz CT molecular complexity index is 402. The summed E-state index contributed by atoms with van der Waals surface area (Å²) >= 11 is 0. The number of ether oxygens (including phenoxy) is 1. The number of carbonyl (C=O) groups is 1. The van der Waals surface area contributed by atoms with Gasteiger partial charge in [-0.1, -0.05) is 33.3 Å². The highest BCUT2D eigenvalue weighted by molar-refractivity contribution is 5.84. The van der Waals surface area contributed by atoms with Gasteiger partial charge in [0.1, 0.15) is 0 Å². The number of nitrogens with zero attached hydrogens (tertiary/aromatic N) is 1. The second-order valence-corrected chi connectivity index (χ2v) is 7.70. The Morgan fingerprint density at radius 3 is 2.67 bits per heavy atom. The monoisotopic (exact) mass is 293 g/mol. The molecule has 2 rings (SSSR count). The van der Waals surface area contributed by atoms with Crippen molar-refractivity contribution >= 4 is 5.78 Å². The largest absolute Gasteiger partial charge is 0.352 e. The van der Waals surface area contributed by atoms with Crippen LogP contribution in [0, 0.1) is 17.8 Å². The first-order valence-electron chi connectivity index (χ1n) is 8.35. The number of hydrogen-bond acceptors (Lipinski definition) is 3. The van der Waals surface area contributed by atoms with Crippen LogP contribution < -0.4 is 0 Å². The molecule has 1 saturated heterocycles. The number of rotatable bonds is 4. The van der Waals surface area contributed by atoms with Crippen molar-refractivity contribution in [3.8, 4) is 0 Å². The molecule has 120 valence electrons. The van der Waals surface area contributed by atoms with E-state index in [0.29, 0.717) is 18.4 Å². The lowest BCUT2D eigenvalue weighted by Gasteiger charge is -2.56. The van der Waals surface area contributed by atoms with Crippen LogP contribution in [0.15, 0.2) is 12.7 Å². The van der Waals surface area contributed by atoms with E-state index < -0.39 is 6.23 Å². The van der Waals surface area contributed by atoms with Gasteiger partial charge in [-0.25, -0.2) is 0 Å². The van der Waals surface area contributed by atoms with E-state index in [4.69, 9.17) is 4.74 Å². The van der Waals surface area contributed by atoms with Gasteiger partial charge in [-0.05, 0) is 32.6 Å². The fourth-order valence-electron chi connectivity index (χ4n) is 4.02. The molecule has 2 aliphatic rings. The van der Waals surface area contributed by atoms with E-state index in [0.717, 1.165) is 6.42 Å². The molecule has 0 N–H and O–H groups in total. The lowest BCUT2D eigenvalue weighted by Crippen LogP contribution is -2.66. The first kappa shape index (κ1) is 16.7. The molecule has 3 nitrogen and oxygen atoms in total. The average molecular weight is 293 g/mol. The molecule has 4 atom stereocenters. The highest BCUT2D eigenvalue weighted by atomic mass is 16.5. The van der Waals surface area contributed by atoms with Crippen LogP contribution in [-0.2, 0) is 9.53 Å². The summed E-state index contributed by atoms with van der Waals surface area (Å²) in [7, 11) is 0. The van der Waals surface area contributed by atoms with Crippen molar-refractivity contribution in [1.82, 2.24) is 4.90 Å². The molecule has 3 heteroatoms. The summed E-state index contributed by atoms with van der Waals surface area (Å²) < 4.78 is 6.31. The zero-order valence-corrected chi connectivity index (χ0v) is 14.3. The minimum absolute atomic E-state index is 0.00400. The Morgan fingerprint density at radius 2 is 2.10 bits per heavy atom. The molecule has 1 heterocycles. The van der Waals surface area contributed by atoms with Gasteiger partial charge in [0, 0.05) is 23.9 Å². The van der Waals surface area contributed by atoms with Gasteiger partial charge in [0.25, 0.3) is 0 Å². The van der Waals surface area contributed by atoms with Crippen LogP contribution in [0.25, 0.3) is 0 Å². The fourth-order valence-corrected chi connectivity index (χ4v) is 4.02. The third-order valence-corrected chi connectivity index (χ3v) is 5.43. The third kappa shape index (κ3) is 3.09. The maximum absolute atomic E-state index is 12.6. The molecule has 0 aromatic carbocycles. The lowest BCUT2D eigenvalue weighted by molar-refractivity contribution is -0.227. The van der Waals surface area contributed by atoms with E-state index in [1.54, 1.807) is 0 Å². The van der Waals surface area contributed by atoms with E-state index >= 15 is 0 Å². The van der Waals surface area contributed by atoms with Gasteiger partial charge >= 0.3 is 0 Å². The van der Waals surface area contributed by atoms with Gasteiger partial charge in [0.15, 0.2) is 12.0 Å². The fraction of sp³-hybridized carbons (Fsp3) is 0.833. The minimum Gasteiger partial charge on any atom is -0.352 e. The Labute approximate surface area is 129 Å². The number of Topliss-reactive ketones (excluding diaryl/α,β-unsaturated/α-hetero) is 1. The van der Waals surface area contributed by atoms with E-state index in [1.165, 1.54) is 12.8 Å². The highest BCUT2D eigenvalue weighted by Gasteiger charge is 2.51. The molecular weight excluding hydrogens is 262 g/mol. The van der Waals surface area contributed by atoms with Gasteiger partial charge in [-0.3, -0.25) is 9.69 Å². The molecule has 0 aromatic heterocycles. The van der Waals surface area contributed by atoms with E-state index in [9.17, 15) is 4.79 Å². The van der Waals surface area contributed by atoms with Gasteiger partial charge in [-0.2, -0.15) is 0 Å². The quantitative estimate of drug-likeness (QED) is 0.741. The number of carbonyl (C=O) groups excluding carboxylic acids is 1. The number of hydrogen-bond donors (Lipinski definition) is 0. The summed E-state index contributed by atoms with van der Waals surface area (Å²) in [5, 5.41) is 0. The van der Waals surface area contributed by atoms with Gasteiger partial charge in [0.05, 0.1) is 6.10 Å². The van der Waals surface area contributed by atoms with Crippen LogP contribution >= 0.6 is 0 Å². The first-order chi connectivity index (χ1) is 9.78. The molecule has 1 saturated carbocycles. The van der Waals surface area contributed by atoms with Crippen LogP contribution in [0.1, 0.15) is 53.9 Å². The summed E-state index contributed by atoms with van der Waals surface area (Å²) in [5.74, 6) is 1.39. The molecular formula is C18H31NO2. The number of ketones is 1.